The molecule has 6 nitrogen and oxygen atoms in total. The number of nitrogens with zero attached hydrogens (tertiary/aromatic N) is 2. The third-order valence-electron chi connectivity index (χ3n) is 4.10. The summed E-state index contributed by atoms with van der Waals surface area (Å²) in [6, 6.07) is 17.5. The van der Waals surface area contributed by atoms with E-state index in [-0.39, 0.29) is 5.91 Å². The molecule has 3 rings (SSSR count). The number of anilines is 3. The largest absolute Gasteiger partial charge is 0.465 e. The molecule has 0 radical (unpaired) electrons. The molecule has 2 aromatic carbocycles. The van der Waals surface area contributed by atoms with E-state index in [1.54, 1.807) is 37.4 Å². The number of amides is 1. The van der Waals surface area contributed by atoms with Crippen LogP contribution in [0.5, 0.6) is 0 Å². The molecule has 0 spiro atoms. The van der Waals surface area contributed by atoms with Gasteiger partial charge in [0.15, 0.2) is 0 Å². The SMILES string of the molecule is COC(=O)c1ccc(Cl)c(Nc2ccc(C(=O)N(C)c3ccccc3)nc2)c1. The Morgan fingerprint density at radius 2 is 1.82 bits per heavy atom. The summed E-state index contributed by atoms with van der Waals surface area (Å²) in [7, 11) is 3.01. The van der Waals surface area contributed by atoms with E-state index >= 15 is 0 Å². The first-order valence-electron chi connectivity index (χ1n) is 8.43. The van der Waals surface area contributed by atoms with Crippen molar-refractivity contribution >= 4 is 40.5 Å². The van der Waals surface area contributed by atoms with Crippen molar-refractivity contribution in [1.29, 1.82) is 0 Å². The molecule has 0 aliphatic rings. The van der Waals surface area contributed by atoms with Gasteiger partial charge in [-0.05, 0) is 42.5 Å². The number of esters is 1. The van der Waals surface area contributed by atoms with Crippen LogP contribution >= 0.6 is 11.6 Å². The van der Waals surface area contributed by atoms with Crippen LogP contribution in [-0.4, -0.2) is 31.0 Å². The molecule has 1 N–H and O–H groups in total. The molecule has 1 amide bonds. The van der Waals surface area contributed by atoms with Crippen LogP contribution in [0.15, 0.2) is 66.9 Å². The lowest BCUT2D eigenvalue weighted by Gasteiger charge is -2.17. The monoisotopic (exact) mass is 395 g/mol. The number of hydrogen-bond donors (Lipinski definition) is 1. The van der Waals surface area contributed by atoms with E-state index in [0.29, 0.717) is 27.7 Å². The maximum absolute atomic E-state index is 12.6. The van der Waals surface area contributed by atoms with Crippen molar-refractivity contribution in [2.45, 2.75) is 0 Å². The Labute approximate surface area is 167 Å². The van der Waals surface area contributed by atoms with Crippen molar-refractivity contribution in [3.8, 4) is 0 Å². The van der Waals surface area contributed by atoms with Crippen molar-refractivity contribution in [3.05, 3.63) is 83.1 Å². The van der Waals surface area contributed by atoms with Crippen molar-refractivity contribution < 1.29 is 14.3 Å². The molecule has 142 valence electrons. The van der Waals surface area contributed by atoms with Gasteiger partial charge in [-0.15, -0.1) is 0 Å². The molecule has 0 aliphatic heterocycles. The smallest absolute Gasteiger partial charge is 0.337 e. The highest BCUT2D eigenvalue weighted by atomic mass is 35.5. The van der Waals surface area contributed by atoms with Gasteiger partial charge in [-0.2, -0.15) is 0 Å². The van der Waals surface area contributed by atoms with E-state index in [0.717, 1.165) is 5.69 Å². The van der Waals surface area contributed by atoms with Crippen molar-refractivity contribution in [2.24, 2.45) is 0 Å². The van der Waals surface area contributed by atoms with E-state index in [2.05, 4.69) is 10.3 Å². The first-order chi connectivity index (χ1) is 13.5. The number of ether oxygens (including phenoxy) is 1. The molecule has 0 saturated heterocycles. The van der Waals surface area contributed by atoms with Crippen molar-refractivity contribution in [3.63, 3.8) is 0 Å². The second-order valence-electron chi connectivity index (χ2n) is 5.94. The molecule has 0 bridgehead atoms. The first kappa shape index (κ1) is 19.4. The van der Waals surface area contributed by atoms with Crippen LogP contribution in [0.1, 0.15) is 20.8 Å². The Bertz CT molecular complexity index is 992. The maximum atomic E-state index is 12.6. The summed E-state index contributed by atoms with van der Waals surface area (Å²) >= 11 is 6.19. The topological polar surface area (TPSA) is 71.5 Å². The zero-order chi connectivity index (χ0) is 20.1. The van der Waals surface area contributed by atoms with Gasteiger partial charge in [0.25, 0.3) is 5.91 Å². The minimum atomic E-state index is -0.456. The molecule has 0 unspecified atom stereocenters. The second kappa shape index (κ2) is 8.54. The number of benzene rings is 2. The molecule has 1 heterocycles. The molecular formula is C21H18ClN3O3. The van der Waals surface area contributed by atoms with Crippen LogP contribution in [0, 0.1) is 0 Å². The number of pyridine rings is 1. The molecule has 7 heteroatoms. The van der Waals surface area contributed by atoms with E-state index < -0.39 is 5.97 Å². The van der Waals surface area contributed by atoms with Gasteiger partial charge < -0.3 is 15.0 Å². The highest BCUT2D eigenvalue weighted by molar-refractivity contribution is 6.33. The average Bonchev–Trinajstić information content (AvgIpc) is 2.74. The predicted octanol–water partition coefficient (Wildman–Crippen LogP) is 4.54. The number of carbonyl (C=O) groups is 2. The zero-order valence-electron chi connectivity index (χ0n) is 15.3. The van der Waals surface area contributed by atoms with Gasteiger partial charge in [0, 0.05) is 12.7 Å². The van der Waals surface area contributed by atoms with Crippen molar-refractivity contribution in [2.75, 3.05) is 24.4 Å². The Hall–Kier alpha value is -3.38. The molecule has 3 aromatic rings. The number of halogens is 1. The van der Waals surface area contributed by atoms with E-state index in [1.807, 2.05) is 30.3 Å². The molecular weight excluding hydrogens is 378 g/mol. The number of nitrogens with one attached hydrogen (secondary N) is 1. The molecule has 28 heavy (non-hydrogen) atoms. The van der Waals surface area contributed by atoms with Crippen LogP contribution in [0.2, 0.25) is 5.02 Å². The van der Waals surface area contributed by atoms with Gasteiger partial charge in [-0.1, -0.05) is 29.8 Å². The van der Waals surface area contributed by atoms with Gasteiger partial charge in [-0.3, -0.25) is 4.79 Å². The fourth-order valence-electron chi connectivity index (χ4n) is 2.56. The number of rotatable bonds is 5. The van der Waals surface area contributed by atoms with Crippen LogP contribution in [-0.2, 0) is 4.74 Å². The number of hydrogen-bond acceptors (Lipinski definition) is 5. The highest BCUT2D eigenvalue weighted by Gasteiger charge is 2.15. The standard InChI is InChI=1S/C21H18ClN3O3/c1-25(16-6-4-3-5-7-16)20(26)18-11-9-15(13-23-18)24-19-12-14(21(27)28-2)8-10-17(19)22/h3-13,24H,1-2H3. The van der Waals surface area contributed by atoms with Gasteiger partial charge in [0.2, 0.25) is 0 Å². The van der Waals surface area contributed by atoms with Gasteiger partial charge in [0.1, 0.15) is 5.69 Å². The lowest BCUT2D eigenvalue weighted by molar-refractivity contribution is 0.0600. The van der Waals surface area contributed by atoms with Gasteiger partial charge in [0.05, 0.1) is 35.3 Å². The molecule has 0 fully saturated rings. The summed E-state index contributed by atoms with van der Waals surface area (Å²) < 4.78 is 4.72. The van der Waals surface area contributed by atoms with Crippen LogP contribution < -0.4 is 10.2 Å². The Balaban J connectivity index is 1.76. The molecule has 0 saturated carbocycles. The zero-order valence-corrected chi connectivity index (χ0v) is 16.1. The molecule has 1 aromatic heterocycles. The first-order valence-corrected chi connectivity index (χ1v) is 8.81. The maximum Gasteiger partial charge on any atom is 0.337 e. The van der Waals surface area contributed by atoms with Crippen LogP contribution in [0.3, 0.4) is 0 Å². The van der Waals surface area contributed by atoms with Gasteiger partial charge >= 0.3 is 5.97 Å². The number of para-hydroxylation sites is 1. The summed E-state index contributed by atoms with van der Waals surface area (Å²) in [5.41, 5.74) is 2.63. The second-order valence-corrected chi connectivity index (χ2v) is 6.35. The lowest BCUT2D eigenvalue weighted by Crippen LogP contribution is -2.26. The van der Waals surface area contributed by atoms with Crippen molar-refractivity contribution in [1.82, 2.24) is 4.98 Å². The normalized spacial score (nSPS) is 10.2. The summed E-state index contributed by atoms with van der Waals surface area (Å²) in [5.74, 6) is -0.675. The average molecular weight is 396 g/mol. The minimum Gasteiger partial charge on any atom is -0.465 e. The van der Waals surface area contributed by atoms with Crippen LogP contribution in [0.4, 0.5) is 17.1 Å². The summed E-state index contributed by atoms with van der Waals surface area (Å²) in [5, 5.41) is 3.53. The Morgan fingerprint density at radius 3 is 2.46 bits per heavy atom. The number of carbonyl (C=O) groups excluding carboxylic acids is 2. The Kier molecular flexibility index (Phi) is 5.91. The van der Waals surface area contributed by atoms with E-state index in [4.69, 9.17) is 16.3 Å². The summed E-state index contributed by atoms with van der Waals surface area (Å²) in [6.45, 7) is 0. The fraction of sp³-hybridized carbons (Fsp3) is 0.0952. The summed E-state index contributed by atoms with van der Waals surface area (Å²) in [4.78, 5) is 30.0. The molecule has 0 atom stereocenters. The fourth-order valence-corrected chi connectivity index (χ4v) is 2.72. The third kappa shape index (κ3) is 4.29. The quantitative estimate of drug-likeness (QED) is 0.642. The third-order valence-corrected chi connectivity index (χ3v) is 4.43. The van der Waals surface area contributed by atoms with Crippen LogP contribution in [0.25, 0.3) is 0 Å². The number of methoxy groups -OCH3 is 1. The predicted molar refractivity (Wildman–Crippen MR) is 109 cm³/mol. The Morgan fingerprint density at radius 1 is 1.07 bits per heavy atom. The molecule has 0 aliphatic carbocycles. The minimum absolute atomic E-state index is 0.219. The highest BCUT2D eigenvalue weighted by Crippen LogP contribution is 2.27. The number of aromatic nitrogens is 1. The summed E-state index contributed by atoms with van der Waals surface area (Å²) in [6.07, 6.45) is 1.53. The lowest BCUT2D eigenvalue weighted by atomic mass is 10.2. The van der Waals surface area contributed by atoms with E-state index in [9.17, 15) is 9.59 Å². The van der Waals surface area contributed by atoms with E-state index in [1.165, 1.54) is 18.2 Å². The van der Waals surface area contributed by atoms with Gasteiger partial charge in [-0.25, -0.2) is 9.78 Å².